The van der Waals surface area contributed by atoms with Crippen molar-refractivity contribution in [2.24, 2.45) is 11.8 Å². The van der Waals surface area contributed by atoms with Gasteiger partial charge in [-0.1, -0.05) is 24.3 Å². The summed E-state index contributed by atoms with van der Waals surface area (Å²) in [7, 11) is 0. The molecule has 0 aliphatic carbocycles. The molecule has 3 aromatic rings. The topological polar surface area (TPSA) is 111 Å². The third kappa shape index (κ3) is 4.85. The lowest BCUT2D eigenvalue weighted by Crippen LogP contribution is -2.54. The number of piperidine rings is 3. The third-order valence-electron chi connectivity index (χ3n) is 6.90. The molecule has 0 spiro atoms. The minimum Gasteiger partial charge on any atom is -0.478 e. The van der Waals surface area contributed by atoms with Crippen molar-refractivity contribution >= 4 is 22.8 Å². The van der Waals surface area contributed by atoms with Gasteiger partial charge in [0, 0.05) is 24.2 Å². The van der Waals surface area contributed by atoms with Gasteiger partial charge in [-0.15, -0.1) is 6.58 Å². The van der Waals surface area contributed by atoms with Gasteiger partial charge in [0.05, 0.1) is 22.7 Å². The number of nitrogens with zero attached hydrogens (tertiary/aromatic N) is 2. The summed E-state index contributed by atoms with van der Waals surface area (Å²) in [6.07, 6.45) is 5.76. The Morgan fingerprint density at radius 1 is 1.03 bits per heavy atom. The lowest BCUT2D eigenvalue weighted by Gasteiger charge is -2.50. The average Bonchev–Trinajstić information content (AvgIpc) is 2.88. The van der Waals surface area contributed by atoms with Crippen LogP contribution in [0, 0.1) is 11.8 Å². The van der Waals surface area contributed by atoms with Crippen LogP contribution in [0.15, 0.2) is 73.4 Å². The van der Waals surface area contributed by atoms with Gasteiger partial charge in [0.15, 0.2) is 0 Å². The molecule has 176 valence electrons. The van der Waals surface area contributed by atoms with Crippen LogP contribution in [-0.4, -0.2) is 56.3 Å². The Kier molecular flexibility index (Phi) is 7.05. The molecule has 1 aromatic heterocycles. The van der Waals surface area contributed by atoms with Gasteiger partial charge in [-0.3, -0.25) is 9.88 Å². The van der Waals surface area contributed by atoms with Crippen LogP contribution in [0.2, 0.25) is 0 Å². The number of pyridine rings is 1. The summed E-state index contributed by atoms with van der Waals surface area (Å²) in [5.74, 6) is -0.861. The Bertz CT molecular complexity index is 1150. The van der Waals surface area contributed by atoms with E-state index in [2.05, 4.69) is 28.6 Å². The smallest absolute Gasteiger partial charge is 0.335 e. The predicted octanol–water partition coefficient (Wildman–Crippen LogP) is 4.25. The zero-order valence-electron chi connectivity index (χ0n) is 18.7. The van der Waals surface area contributed by atoms with Crippen LogP contribution in [0.5, 0.6) is 0 Å². The summed E-state index contributed by atoms with van der Waals surface area (Å²) in [4.78, 5) is 27.5. The second kappa shape index (κ2) is 10.2. The predicted molar refractivity (Wildman–Crippen MR) is 129 cm³/mol. The molecule has 1 unspecified atom stereocenters. The Hall–Kier alpha value is -3.55. The van der Waals surface area contributed by atoms with E-state index in [4.69, 9.17) is 10.2 Å². The van der Waals surface area contributed by atoms with Gasteiger partial charge >= 0.3 is 11.9 Å². The highest BCUT2D eigenvalue weighted by Gasteiger charge is 2.42. The van der Waals surface area contributed by atoms with Gasteiger partial charge in [-0.25, -0.2) is 9.59 Å². The van der Waals surface area contributed by atoms with Crippen LogP contribution in [0.1, 0.15) is 45.2 Å². The number of aliphatic hydroxyl groups is 1. The maximum atomic E-state index is 11.0. The molecule has 34 heavy (non-hydrogen) atoms. The minimum absolute atomic E-state index is 0.0833. The molecular weight excluding hydrogens is 432 g/mol. The Morgan fingerprint density at radius 3 is 2.24 bits per heavy atom. The van der Waals surface area contributed by atoms with Gasteiger partial charge in [0.1, 0.15) is 0 Å². The second-order valence-corrected chi connectivity index (χ2v) is 8.80. The Labute approximate surface area is 198 Å². The molecule has 6 rings (SSSR count). The van der Waals surface area contributed by atoms with Gasteiger partial charge in [0.2, 0.25) is 0 Å². The number of carboxylic acids is 2. The first-order valence-electron chi connectivity index (χ1n) is 11.3. The summed E-state index contributed by atoms with van der Waals surface area (Å²) >= 11 is 0. The maximum Gasteiger partial charge on any atom is 0.335 e. The number of aliphatic hydroxyl groups excluding tert-OH is 1. The number of fused-ring (bicyclic) bond motifs is 4. The summed E-state index contributed by atoms with van der Waals surface area (Å²) in [5.41, 5.74) is 2.14. The number of aromatic nitrogens is 1. The fourth-order valence-electron chi connectivity index (χ4n) is 5.04. The number of carbonyl (C=O) groups is 2. The normalized spacial score (nSPS) is 24.0. The quantitative estimate of drug-likeness (QED) is 0.488. The number of benzene rings is 2. The highest BCUT2D eigenvalue weighted by Crippen LogP contribution is 2.41. The zero-order valence-corrected chi connectivity index (χ0v) is 18.7. The molecule has 0 amide bonds. The Morgan fingerprint density at radius 2 is 1.68 bits per heavy atom. The molecule has 5 atom stereocenters. The van der Waals surface area contributed by atoms with E-state index >= 15 is 0 Å². The summed E-state index contributed by atoms with van der Waals surface area (Å²) in [6.45, 7) is 6.11. The highest BCUT2D eigenvalue weighted by molar-refractivity contribution is 5.91. The number of hydrogen-bond acceptors (Lipinski definition) is 5. The first-order valence-corrected chi connectivity index (χ1v) is 11.3. The first kappa shape index (κ1) is 23.6. The zero-order chi connectivity index (χ0) is 24.2. The molecule has 3 saturated heterocycles. The molecule has 3 fully saturated rings. The summed E-state index contributed by atoms with van der Waals surface area (Å²) < 4.78 is 0. The van der Waals surface area contributed by atoms with E-state index in [1.807, 2.05) is 30.5 Å². The number of aromatic carboxylic acids is 2. The van der Waals surface area contributed by atoms with Crippen molar-refractivity contribution < 1.29 is 24.9 Å². The fraction of sp³-hybridized carbons (Fsp3) is 0.296. The standard InChI is InChI=1S/C19H22N2O.C8H6O4/c1-2-13-12-21-10-8-14(13)11-18(21)19(22)16-7-9-20-17-6-4-3-5-15(16)17;9-7(10)5-1-2-6(4-3-5)8(11)12/h2-7,9,13-14,18-19,22H,1,8,10-12H2;1-4H,(H,9,10)(H,11,12)/t13-,14-,18-,19+;/m0./s1. The minimum atomic E-state index is -1.06. The van der Waals surface area contributed by atoms with Crippen molar-refractivity contribution in [1.82, 2.24) is 9.88 Å². The van der Waals surface area contributed by atoms with Crippen LogP contribution in [-0.2, 0) is 0 Å². The van der Waals surface area contributed by atoms with E-state index in [-0.39, 0.29) is 17.2 Å². The maximum absolute atomic E-state index is 11.0. The highest BCUT2D eigenvalue weighted by atomic mass is 16.4. The van der Waals surface area contributed by atoms with Crippen LogP contribution in [0.25, 0.3) is 10.9 Å². The monoisotopic (exact) mass is 460 g/mol. The van der Waals surface area contributed by atoms with Crippen LogP contribution >= 0.6 is 0 Å². The number of para-hydroxylation sites is 1. The van der Waals surface area contributed by atoms with E-state index in [1.54, 1.807) is 0 Å². The molecule has 0 radical (unpaired) electrons. The van der Waals surface area contributed by atoms with E-state index in [1.165, 1.54) is 30.7 Å². The van der Waals surface area contributed by atoms with Crippen LogP contribution in [0.3, 0.4) is 0 Å². The van der Waals surface area contributed by atoms with E-state index in [0.717, 1.165) is 36.0 Å². The Balaban J connectivity index is 0.000000195. The molecule has 3 aliphatic heterocycles. The number of carboxylic acid groups (broad SMARTS) is 2. The fourth-order valence-corrected chi connectivity index (χ4v) is 5.04. The van der Waals surface area contributed by atoms with Gasteiger partial charge < -0.3 is 15.3 Å². The van der Waals surface area contributed by atoms with Crippen molar-refractivity contribution in [2.75, 3.05) is 13.1 Å². The lowest BCUT2D eigenvalue weighted by molar-refractivity contribution is -0.0444. The number of hydrogen-bond donors (Lipinski definition) is 3. The molecule has 7 heteroatoms. The molecule has 0 saturated carbocycles. The largest absolute Gasteiger partial charge is 0.478 e. The average molecular weight is 461 g/mol. The van der Waals surface area contributed by atoms with Crippen molar-refractivity contribution in [3.8, 4) is 0 Å². The number of rotatable bonds is 5. The molecule has 7 nitrogen and oxygen atoms in total. The third-order valence-corrected chi connectivity index (χ3v) is 6.90. The molecule has 4 heterocycles. The van der Waals surface area contributed by atoms with E-state index in [0.29, 0.717) is 11.8 Å². The SMILES string of the molecule is C=C[C@H]1CN2CC[C@H]1C[C@H]2[C@H](O)c1ccnc2ccccc12.O=C(O)c1ccc(C(=O)O)cc1. The summed E-state index contributed by atoms with van der Waals surface area (Å²) in [6, 6.07) is 15.3. The second-order valence-electron chi connectivity index (χ2n) is 8.80. The van der Waals surface area contributed by atoms with Gasteiger partial charge in [-0.2, -0.15) is 0 Å². The molecule has 2 aromatic carbocycles. The molecule has 2 bridgehead atoms. The van der Waals surface area contributed by atoms with Gasteiger partial charge in [-0.05, 0) is 73.2 Å². The van der Waals surface area contributed by atoms with Crippen molar-refractivity contribution in [3.05, 3.63) is 90.1 Å². The van der Waals surface area contributed by atoms with E-state index in [9.17, 15) is 14.7 Å². The van der Waals surface area contributed by atoms with E-state index < -0.39 is 18.0 Å². The molecule has 3 N–H and O–H groups in total. The summed E-state index contributed by atoms with van der Waals surface area (Å²) in [5, 5.41) is 29.0. The van der Waals surface area contributed by atoms with Crippen molar-refractivity contribution in [3.63, 3.8) is 0 Å². The van der Waals surface area contributed by atoms with Crippen molar-refractivity contribution in [1.29, 1.82) is 0 Å². The lowest BCUT2D eigenvalue weighted by atomic mass is 9.73. The van der Waals surface area contributed by atoms with Crippen LogP contribution in [0.4, 0.5) is 0 Å². The molecular formula is C27H28N2O5. The van der Waals surface area contributed by atoms with Crippen LogP contribution < -0.4 is 0 Å². The van der Waals surface area contributed by atoms with Crippen molar-refractivity contribution in [2.45, 2.75) is 25.0 Å². The van der Waals surface area contributed by atoms with Gasteiger partial charge in [0.25, 0.3) is 0 Å². The first-order chi connectivity index (χ1) is 16.4. The molecule has 3 aliphatic rings.